The summed E-state index contributed by atoms with van der Waals surface area (Å²) in [6.07, 6.45) is 4.13. The minimum absolute atomic E-state index is 0.123. The monoisotopic (exact) mass is 369 g/mol. The van der Waals surface area contributed by atoms with Crippen LogP contribution in [0.15, 0.2) is 35.4 Å². The normalized spacial score (nSPS) is 13.0. The summed E-state index contributed by atoms with van der Waals surface area (Å²) in [6.45, 7) is 0.217. The number of carbonyl (C=O) groups excluding carboxylic acids is 1. The molecule has 1 aliphatic rings. The molecule has 134 valence electrons. The molecule has 0 saturated heterocycles. The predicted octanol–water partition coefficient (Wildman–Crippen LogP) is 3.72. The quantitative estimate of drug-likeness (QED) is 0.754. The van der Waals surface area contributed by atoms with Crippen LogP contribution < -0.4 is 0 Å². The van der Waals surface area contributed by atoms with Crippen molar-refractivity contribution in [2.75, 3.05) is 12.8 Å². The zero-order valence-electron chi connectivity index (χ0n) is 14.7. The second kappa shape index (κ2) is 8.33. The van der Waals surface area contributed by atoms with Gasteiger partial charge in [0.25, 0.3) is 0 Å². The van der Waals surface area contributed by atoms with E-state index in [0.717, 1.165) is 36.9 Å². The van der Waals surface area contributed by atoms with Gasteiger partial charge >= 0.3 is 0 Å². The first-order valence-corrected chi connectivity index (χ1v) is 9.60. The van der Waals surface area contributed by atoms with Crippen LogP contribution in [-0.2, 0) is 24.2 Å². The molecule has 6 heteroatoms. The average molecular weight is 369 g/mol. The Labute approximate surface area is 157 Å². The number of thioether (sulfide) groups is 1. The molecule has 1 aliphatic carbocycles. The van der Waals surface area contributed by atoms with Crippen LogP contribution in [0.2, 0.25) is 0 Å². The Morgan fingerprint density at radius 1 is 1.35 bits per heavy atom. The number of hydrogen-bond donors (Lipinski definition) is 0. The maximum absolute atomic E-state index is 13.7. The molecule has 1 amide bonds. The van der Waals surface area contributed by atoms with E-state index in [1.807, 2.05) is 6.07 Å². The summed E-state index contributed by atoms with van der Waals surface area (Å²) in [5.41, 5.74) is 3.21. The molecule has 3 rings (SSSR count). The van der Waals surface area contributed by atoms with Gasteiger partial charge in [-0.15, -0.1) is 0 Å². The van der Waals surface area contributed by atoms with E-state index in [1.165, 1.54) is 22.7 Å². The number of carbonyl (C=O) groups is 1. The number of fused-ring (bicyclic) bond motifs is 1. The molecule has 0 atom stereocenters. The molecular weight excluding hydrogens is 349 g/mol. The minimum atomic E-state index is -0.317. The number of halogens is 1. The van der Waals surface area contributed by atoms with E-state index in [2.05, 4.69) is 11.1 Å². The van der Waals surface area contributed by atoms with Crippen LogP contribution in [0, 0.1) is 17.1 Å². The summed E-state index contributed by atoms with van der Waals surface area (Å²) >= 11 is 1.28. The van der Waals surface area contributed by atoms with Gasteiger partial charge < -0.3 is 4.90 Å². The van der Waals surface area contributed by atoms with Gasteiger partial charge in [-0.1, -0.05) is 30.0 Å². The van der Waals surface area contributed by atoms with E-state index in [1.54, 1.807) is 25.2 Å². The van der Waals surface area contributed by atoms with Crippen LogP contribution in [0.4, 0.5) is 4.39 Å². The van der Waals surface area contributed by atoms with Crippen molar-refractivity contribution >= 4 is 17.7 Å². The molecule has 0 unspecified atom stereocenters. The van der Waals surface area contributed by atoms with Crippen molar-refractivity contribution in [1.82, 2.24) is 9.88 Å². The van der Waals surface area contributed by atoms with Crippen molar-refractivity contribution < 1.29 is 9.18 Å². The van der Waals surface area contributed by atoms with Gasteiger partial charge in [0.15, 0.2) is 0 Å². The first-order valence-electron chi connectivity index (χ1n) is 8.61. The first kappa shape index (κ1) is 18.4. The van der Waals surface area contributed by atoms with Crippen molar-refractivity contribution in [1.29, 1.82) is 5.26 Å². The second-order valence-electron chi connectivity index (χ2n) is 6.40. The van der Waals surface area contributed by atoms with Gasteiger partial charge in [-0.25, -0.2) is 9.37 Å². The third-order valence-electron chi connectivity index (χ3n) is 4.51. The lowest BCUT2D eigenvalue weighted by Gasteiger charge is -2.19. The van der Waals surface area contributed by atoms with E-state index < -0.39 is 0 Å². The number of aryl methyl sites for hydroxylation is 2. The molecule has 1 aromatic heterocycles. The van der Waals surface area contributed by atoms with Gasteiger partial charge in [0.05, 0.1) is 11.3 Å². The Morgan fingerprint density at radius 2 is 2.12 bits per heavy atom. The summed E-state index contributed by atoms with van der Waals surface area (Å²) in [4.78, 5) is 18.5. The number of rotatable bonds is 5. The summed E-state index contributed by atoms with van der Waals surface area (Å²) in [5, 5.41) is 9.99. The molecule has 0 spiro atoms. The lowest BCUT2D eigenvalue weighted by Crippen LogP contribution is -2.28. The topological polar surface area (TPSA) is 57.0 Å². The van der Waals surface area contributed by atoms with Gasteiger partial charge in [-0.05, 0) is 43.4 Å². The highest BCUT2D eigenvalue weighted by Gasteiger charge is 2.18. The van der Waals surface area contributed by atoms with Crippen molar-refractivity contribution in [3.63, 3.8) is 0 Å². The minimum Gasteiger partial charge on any atom is -0.341 e. The number of benzene rings is 1. The average Bonchev–Trinajstić information content (AvgIpc) is 2.67. The number of hydrogen-bond acceptors (Lipinski definition) is 4. The van der Waals surface area contributed by atoms with Crippen LogP contribution in [0.3, 0.4) is 0 Å². The van der Waals surface area contributed by atoms with E-state index in [-0.39, 0.29) is 24.0 Å². The van der Waals surface area contributed by atoms with Crippen molar-refractivity contribution in [3.05, 3.63) is 58.5 Å². The zero-order valence-corrected chi connectivity index (χ0v) is 15.5. The molecule has 0 aliphatic heterocycles. The van der Waals surface area contributed by atoms with E-state index >= 15 is 0 Å². The maximum atomic E-state index is 13.7. The van der Waals surface area contributed by atoms with Crippen LogP contribution in [0.1, 0.15) is 35.2 Å². The molecule has 0 bridgehead atoms. The van der Waals surface area contributed by atoms with Gasteiger partial charge in [-0.2, -0.15) is 5.26 Å². The molecule has 1 aromatic carbocycles. The number of amides is 1. The summed E-state index contributed by atoms with van der Waals surface area (Å²) < 4.78 is 13.7. The SMILES string of the molecule is CN(Cc1ccccc1F)C(=O)CSc1nc2c(cc1C#N)CCCC2. The highest BCUT2D eigenvalue weighted by Crippen LogP contribution is 2.27. The highest BCUT2D eigenvalue weighted by molar-refractivity contribution is 7.99. The van der Waals surface area contributed by atoms with Gasteiger partial charge in [-0.3, -0.25) is 4.79 Å². The van der Waals surface area contributed by atoms with Gasteiger partial charge in [0.1, 0.15) is 16.9 Å². The van der Waals surface area contributed by atoms with Crippen molar-refractivity contribution in [2.24, 2.45) is 0 Å². The third kappa shape index (κ3) is 4.23. The van der Waals surface area contributed by atoms with Crippen molar-refractivity contribution in [2.45, 2.75) is 37.3 Å². The summed E-state index contributed by atoms with van der Waals surface area (Å²) in [6, 6.07) is 10.5. The van der Waals surface area contributed by atoms with Gasteiger partial charge in [0.2, 0.25) is 5.91 Å². The number of pyridine rings is 1. The molecule has 1 heterocycles. The Kier molecular flexibility index (Phi) is 5.89. The predicted molar refractivity (Wildman–Crippen MR) is 99.2 cm³/mol. The molecule has 2 aromatic rings. The molecule has 0 N–H and O–H groups in total. The van der Waals surface area contributed by atoms with E-state index in [0.29, 0.717) is 16.2 Å². The van der Waals surface area contributed by atoms with Gasteiger partial charge in [0, 0.05) is 24.8 Å². The number of nitrogens with zero attached hydrogens (tertiary/aromatic N) is 3. The van der Waals surface area contributed by atoms with E-state index in [9.17, 15) is 14.4 Å². The number of aromatic nitrogens is 1. The Morgan fingerprint density at radius 3 is 2.88 bits per heavy atom. The summed E-state index contributed by atoms with van der Waals surface area (Å²) in [7, 11) is 1.65. The number of nitriles is 1. The van der Waals surface area contributed by atoms with Crippen molar-refractivity contribution in [3.8, 4) is 6.07 Å². The van der Waals surface area contributed by atoms with E-state index in [4.69, 9.17) is 0 Å². The largest absolute Gasteiger partial charge is 0.341 e. The Bertz CT molecular complexity index is 863. The fourth-order valence-corrected chi connectivity index (χ4v) is 3.93. The molecule has 26 heavy (non-hydrogen) atoms. The Hall–Kier alpha value is -2.39. The highest BCUT2D eigenvalue weighted by atomic mass is 32.2. The molecule has 0 radical (unpaired) electrons. The Balaban J connectivity index is 1.66. The molecule has 0 saturated carbocycles. The molecule has 0 fully saturated rings. The standard InChI is InChI=1S/C20H20FN3OS/c1-24(12-15-7-2-4-8-17(15)21)19(25)13-26-20-16(11-22)10-14-6-3-5-9-18(14)23-20/h2,4,7-8,10H,3,5-6,9,12-13H2,1H3. The van der Waals surface area contributed by atoms with Crippen LogP contribution in [-0.4, -0.2) is 28.6 Å². The van der Waals surface area contributed by atoms with Crippen LogP contribution in [0.25, 0.3) is 0 Å². The second-order valence-corrected chi connectivity index (χ2v) is 7.36. The zero-order chi connectivity index (χ0) is 18.5. The maximum Gasteiger partial charge on any atom is 0.233 e. The van der Waals surface area contributed by atoms with Crippen LogP contribution >= 0.6 is 11.8 Å². The fraction of sp³-hybridized carbons (Fsp3) is 0.350. The molecular formula is C20H20FN3OS. The summed E-state index contributed by atoms with van der Waals surface area (Å²) in [5.74, 6) is -0.268. The third-order valence-corrected chi connectivity index (χ3v) is 5.49. The lowest BCUT2D eigenvalue weighted by atomic mass is 9.95. The van der Waals surface area contributed by atoms with Crippen LogP contribution in [0.5, 0.6) is 0 Å². The molecule has 4 nitrogen and oxygen atoms in total. The lowest BCUT2D eigenvalue weighted by molar-refractivity contribution is -0.127. The first-order chi connectivity index (χ1) is 12.6. The smallest absolute Gasteiger partial charge is 0.233 e. The fourth-order valence-electron chi connectivity index (χ4n) is 3.02.